The molecule has 1 rings (SSSR count). The Bertz CT molecular complexity index is 457. The number of thioether (sulfide) groups is 1. The zero-order chi connectivity index (χ0) is 13.5. The monoisotopic (exact) mass is 269 g/mol. The first kappa shape index (κ1) is 14.8. The highest BCUT2D eigenvalue weighted by atomic mass is 32.2. The molecule has 0 fully saturated rings. The molecule has 0 saturated carbocycles. The summed E-state index contributed by atoms with van der Waals surface area (Å²) >= 11 is 1.25. The van der Waals surface area contributed by atoms with Gasteiger partial charge in [0.15, 0.2) is 5.16 Å². The molecule has 1 aromatic rings. The summed E-state index contributed by atoms with van der Waals surface area (Å²) in [6.07, 6.45) is 1.71. The Morgan fingerprint density at radius 1 is 1.56 bits per heavy atom. The van der Waals surface area contributed by atoms with E-state index in [-0.39, 0.29) is 23.3 Å². The molecule has 1 heterocycles. The van der Waals surface area contributed by atoms with Gasteiger partial charge in [-0.25, -0.2) is 4.98 Å². The summed E-state index contributed by atoms with van der Waals surface area (Å²) in [4.78, 5) is 29.8. The molecule has 0 aliphatic heterocycles. The Morgan fingerprint density at radius 2 is 2.28 bits per heavy atom. The average molecular weight is 269 g/mol. The topological polar surface area (TPSA) is 74.8 Å². The van der Waals surface area contributed by atoms with Crippen molar-refractivity contribution < 1.29 is 4.79 Å². The number of H-pyrrole nitrogens is 1. The third-order valence-electron chi connectivity index (χ3n) is 2.07. The van der Waals surface area contributed by atoms with Gasteiger partial charge in [0.2, 0.25) is 5.91 Å². The first-order valence-electron chi connectivity index (χ1n) is 6.03. The summed E-state index contributed by atoms with van der Waals surface area (Å²) < 4.78 is 0. The zero-order valence-electron chi connectivity index (χ0n) is 10.9. The number of hydrogen-bond acceptors (Lipinski definition) is 4. The number of amides is 1. The van der Waals surface area contributed by atoms with Crippen LogP contribution in [0.15, 0.2) is 16.0 Å². The van der Waals surface area contributed by atoms with Gasteiger partial charge in [0, 0.05) is 17.8 Å². The molecule has 5 nitrogen and oxygen atoms in total. The predicted molar refractivity (Wildman–Crippen MR) is 72.9 cm³/mol. The molecule has 6 heteroatoms. The molecule has 100 valence electrons. The van der Waals surface area contributed by atoms with E-state index in [0.29, 0.717) is 5.16 Å². The second kappa shape index (κ2) is 7.20. The van der Waals surface area contributed by atoms with Crippen LogP contribution in [0, 0.1) is 0 Å². The predicted octanol–water partition coefficient (Wildman–Crippen LogP) is 1.34. The molecule has 0 atom stereocenters. The Balaban J connectivity index is 2.61. The van der Waals surface area contributed by atoms with Gasteiger partial charge in [0.1, 0.15) is 0 Å². The van der Waals surface area contributed by atoms with Gasteiger partial charge in [0.05, 0.1) is 5.75 Å². The number of hydrogen-bond donors (Lipinski definition) is 2. The fourth-order valence-corrected chi connectivity index (χ4v) is 2.14. The molecule has 0 aliphatic rings. The molecule has 18 heavy (non-hydrogen) atoms. The number of nitrogens with one attached hydrogen (secondary N) is 2. The first-order valence-corrected chi connectivity index (χ1v) is 7.02. The van der Waals surface area contributed by atoms with Gasteiger partial charge in [-0.2, -0.15) is 0 Å². The number of carbonyl (C=O) groups excluding carboxylic acids is 1. The maximum Gasteiger partial charge on any atom is 0.251 e. The summed E-state index contributed by atoms with van der Waals surface area (Å²) in [7, 11) is 0. The molecule has 0 aliphatic carbocycles. The second-order valence-corrected chi connectivity index (χ2v) is 5.27. The van der Waals surface area contributed by atoms with Crippen molar-refractivity contribution in [2.75, 3.05) is 5.75 Å². The normalized spacial score (nSPS) is 10.7. The molecule has 1 amide bonds. The summed E-state index contributed by atoms with van der Waals surface area (Å²) in [5, 5.41) is 3.29. The average Bonchev–Trinajstić information content (AvgIpc) is 2.25. The van der Waals surface area contributed by atoms with Crippen LogP contribution in [0.5, 0.6) is 0 Å². The van der Waals surface area contributed by atoms with Gasteiger partial charge >= 0.3 is 0 Å². The van der Waals surface area contributed by atoms with Crippen LogP contribution in [0.25, 0.3) is 0 Å². The number of carbonyl (C=O) groups is 1. The molecule has 0 spiro atoms. The number of aryl methyl sites for hydroxylation is 1. The molecule has 0 saturated heterocycles. The van der Waals surface area contributed by atoms with Gasteiger partial charge in [0.25, 0.3) is 5.56 Å². The molecule has 0 unspecified atom stereocenters. The third kappa shape index (κ3) is 5.35. The van der Waals surface area contributed by atoms with Crippen LogP contribution in [0.2, 0.25) is 0 Å². The van der Waals surface area contributed by atoms with Crippen LogP contribution in [-0.4, -0.2) is 27.7 Å². The number of nitrogens with zero attached hydrogens (tertiary/aromatic N) is 1. The van der Waals surface area contributed by atoms with Crippen molar-refractivity contribution in [2.24, 2.45) is 0 Å². The van der Waals surface area contributed by atoms with Crippen LogP contribution >= 0.6 is 11.8 Å². The SMILES string of the molecule is CCCc1cc(=O)[nH]c(SCC(=O)NC(C)C)n1. The molecule has 0 bridgehead atoms. The van der Waals surface area contributed by atoms with E-state index in [9.17, 15) is 9.59 Å². The Morgan fingerprint density at radius 3 is 2.89 bits per heavy atom. The summed E-state index contributed by atoms with van der Waals surface area (Å²) in [6, 6.07) is 1.62. The van der Waals surface area contributed by atoms with Crippen LogP contribution in [0.1, 0.15) is 32.9 Å². The summed E-state index contributed by atoms with van der Waals surface area (Å²) in [5.74, 6) is 0.204. The quantitative estimate of drug-likeness (QED) is 0.603. The number of rotatable bonds is 6. The van der Waals surface area contributed by atoms with Crippen molar-refractivity contribution in [3.63, 3.8) is 0 Å². The van der Waals surface area contributed by atoms with E-state index in [4.69, 9.17) is 0 Å². The molecule has 1 aromatic heterocycles. The highest BCUT2D eigenvalue weighted by molar-refractivity contribution is 7.99. The van der Waals surface area contributed by atoms with E-state index >= 15 is 0 Å². The summed E-state index contributed by atoms with van der Waals surface area (Å²) in [5.41, 5.74) is 0.605. The fourth-order valence-electron chi connectivity index (χ4n) is 1.43. The van der Waals surface area contributed by atoms with Gasteiger partial charge in [-0.1, -0.05) is 25.1 Å². The zero-order valence-corrected chi connectivity index (χ0v) is 11.8. The lowest BCUT2D eigenvalue weighted by molar-refractivity contribution is -0.119. The van der Waals surface area contributed by atoms with Crippen molar-refractivity contribution in [3.05, 3.63) is 22.1 Å². The standard InChI is InChI=1S/C12H19N3O2S/c1-4-5-9-6-10(16)15-12(14-9)18-7-11(17)13-8(2)3/h6,8H,4-5,7H2,1-3H3,(H,13,17)(H,14,15,16). The van der Waals surface area contributed by atoms with Crippen molar-refractivity contribution in [2.45, 2.75) is 44.8 Å². The lowest BCUT2D eigenvalue weighted by Gasteiger charge is -2.07. The van der Waals surface area contributed by atoms with Crippen LogP contribution in [-0.2, 0) is 11.2 Å². The molecular formula is C12H19N3O2S. The highest BCUT2D eigenvalue weighted by Gasteiger charge is 2.07. The van der Waals surface area contributed by atoms with Crippen LogP contribution in [0.4, 0.5) is 0 Å². The largest absolute Gasteiger partial charge is 0.353 e. The van der Waals surface area contributed by atoms with Gasteiger partial charge in [-0.05, 0) is 20.3 Å². The van der Waals surface area contributed by atoms with Gasteiger partial charge in [-0.15, -0.1) is 0 Å². The van der Waals surface area contributed by atoms with E-state index in [1.807, 2.05) is 20.8 Å². The second-order valence-electron chi connectivity index (χ2n) is 4.30. The number of aromatic nitrogens is 2. The number of aromatic amines is 1. The van der Waals surface area contributed by atoms with Crippen molar-refractivity contribution in [1.82, 2.24) is 15.3 Å². The smallest absolute Gasteiger partial charge is 0.251 e. The first-order chi connectivity index (χ1) is 8.51. The third-order valence-corrected chi connectivity index (χ3v) is 2.94. The van der Waals surface area contributed by atoms with E-state index in [0.717, 1.165) is 18.5 Å². The van der Waals surface area contributed by atoms with Crippen molar-refractivity contribution >= 4 is 17.7 Å². The molecule has 0 aromatic carbocycles. The minimum atomic E-state index is -0.166. The summed E-state index contributed by atoms with van der Waals surface area (Å²) in [6.45, 7) is 5.85. The minimum absolute atomic E-state index is 0.0569. The lowest BCUT2D eigenvalue weighted by atomic mass is 10.2. The van der Waals surface area contributed by atoms with Crippen molar-refractivity contribution in [1.29, 1.82) is 0 Å². The maximum absolute atomic E-state index is 11.5. The Hall–Kier alpha value is -1.30. The lowest BCUT2D eigenvalue weighted by Crippen LogP contribution is -2.31. The van der Waals surface area contributed by atoms with E-state index in [2.05, 4.69) is 15.3 Å². The molecule has 2 N–H and O–H groups in total. The van der Waals surface area contributed by atoms with Gasteiger partial charge < -0.3 is 10.3 Å². The fraction of sp³-hybridized carbons (Fsp3) is 0.583. The Kier molecular flexibility index (Phi) is 5.91. The molecule has 0 radical (unpaired) electrons. The van der Waals surface area contributed by atoms with Crippen molar-refractivity contribution in [3.8, 4) is 0 Å². The highest BCUT2D eigenvalue weighted by Crippen LogP contribution is 2.11. The van der Waals surface area contributed by atoms with E-state index < -0.39 is 0 Å². The van der Waals surface area contributed by atoms with E-state index in [1.54, 1.807) is 0 Å². The van der Waals surface area contributed by atoms with E-state index in [1.165, 1.54) is 17.8 Å². The Labute approximate surface area is 111 Å². The van der Waals surface area contributed by atoms with Crippen LogP contribution < -0.4 is 10.9 Å². The maximum atomic E-state index is 11.5. The molecular weight excluding hydrogens is 250 g/mol. The van der Waals surface area contributed by atoms with Gasteiger partial charge in [-0.3, -0.25) is 9.59 Å². The van der Waals surface area contributed by atoms with Crippen LogP contribution in [0.3, 0.4) is 0 Å². The minimum Gasteiger partial charge on any atom is -0.353 e.